The molecule has 2 aromatic heterocycles. The first kappa shape index (κ1) is 18.4. The van der Waals surface area contributed by atoms with E-state index in [1.54, 1.807) is 4.68 Å². The number of para-hydroxylation sites is 1. The molecule has 1 amide bonds. The van der Waals surface area contributed by atoms with E-state index >= 15 is 0 Å². The SMILES string of the molecule is CCN1CCc2nc3ccccc3c(C(=O)Nc3ccc(-n4cnnn4)cc3)c2C1. The number of tetrazole rings is 1. The summed E-state index contributed by atoms with van der Waals surface area (Å²) in [4.78, 5) is 20.6. The summed E-state index contributed by atoms with van der Waals surface area (Å²) in [5, 5.41) is 15.1. The Bertz CT molecular complexity index is 1200. The molecule has 8 nitrogen and oxygen atoms in total. The van der Waals surface area contributed by atoms with Crippen molar-refractivity contribution in [3.63, 3.8) is 0 Å². The van der Waals surface area contributed by atoms with Crippen LogP contribution in [0, 0.1) is 0 Å². The molecule has 0 aliphatic carbocycles. The van der Waals surface area contributed by atoms with Crippen LogP contribution in [0.15, 0.2) is 54.9 Å². The first-order chi connectivity index (χ1) is 14.7. The third-order valence-electron chi connectivity index (χ3n) is 5.54. The number of nitrogens with one attached hydrogen (secondary N) is 1. The van der Waals surface area contributed by atoms with Gasteiger partial charge in [-0.25, -0.2) is 4.68 Å². The van der Waals surface area contributed by atoms with Crippen LogP contribution in [0.2, 0.25) is 0 Å². The lowest BCUT2D eigenvalue weighted by Crippen LogP contribution is -2.33. The lowest BCUT2D eigenvalue weighted by atomic mass is 9.95. The molecule has 0 unspecified atom stereocenters. The molecule has 8 heteroatoms. The standard InChI is InChI=1S/C22H21N7O/c1-2-28-12-11-20-18(13-28)21(17-5-3-4-6-19(17)25-20)22(30)24-15-7-9-16(10-8-15)29-14-23-26-27-29/h3-10,14H,2,11-13H2,1H3,(H,24,30). The Morgan fingerprint density at radius 3 is 2.73 bits per heavy atom. The monoisotopic (exact) mass is 399 g/mol. The molecule has 2 aromatic carbocycles. The first-order valence-corrected chi connectivity index (χ1v) is 10.0. The van der Waals surface area contributed by atoms with E-state index in [0.29, 0.717) is 0 Å². The molecule has 30 heavy (non-hydrogen) atoms. The Hall–Kier alpha value is -3.65. The van der Waals surface area contributed by atoms with E-state index in [2.05, 4.69) is 32.7 Å². The first-order valence-electron chi connectivity index (χ1n) is 10.0. The number of hydrogen-bond acceptors (Lipinski definition) is 6. The van der Waals surface area contributed by atoms with E-state index in [1.165, 1.54) is 6.33 Å². The molecule has 150 valence electrons. The highest BCUT2D eigenvalue weighted by Crippen LogP contribution is 2.29. The van der Waals surface area contributed by atoms with E-state index < -0.39 is 0 Å². The molecule has 4 aromatic rings. The van der Waals surface area contributed by atoms with Gasteiger partial charge in [-0.05, 0) is 47.3 Å². The Kier molecular flexibility index (Phi) is 4.68. The number of amides is 1. The van der Waals surface area contributed by atoms with E-state index in [9.17, 15) is 4.79 Å². The van der Waals surface area contributed by atoms with Crippen molar-refractivity contribution < 1.29 is 4.79 Å². The summed E-state index contributed by atoms with van der Waals surface area (Å²) in [5.74, 6) is -0.113. The van der Waals surface area contributed by atoms with Crippen molar-refractivity contribution >= 4 is 22.5 Å². The maximum atomic E-state index is 13.4. The van der Waals surface area contributed by atoms with Gasteiger partial charge in [-0.15, -0.1) is 5.10 Å². The number of carbonyl (C=O) groups is 1. The van der Waals surface area contributed by atoms with Crippen LogP contribution in [-0.4, -0.2) is 49.1 Å². The number of rotatable bonds is 4. The van der Waals surface area contributed by atoms with E-state index in [1.807, 2.05) is 48.5 Å². The van der Waals surface area contributed by atoms with Crippen LogP contribution in [0.5, 0.6) is 0 Å². The fourth-order valence-electron chi connectivity index (χ4n) is 3.95. The number of likely N-dealkylation sites (N-methyl/N-ethyl adjacent to an activating group) is 1. The van der Waals surface area contributed by atoms with Gasteiger partial charge in [0.25, 0.3) is 5.91 Å². The molecule has 1 aliphatic rings. The summed E-state index contributed by atoms with van der Waals surface area (Å²) in [6.45, 7) is 4.80. The maximum Gasteiger partial charge on any atom is 0.256 e. The minimum absolute atomic E-state index is 0.113. The van der Waals surface area contributed by atoms with Crippen LogP contribution in [0.25, 0.3) is 16.6 Å². The van der Waals surface area contributed by atoms with E-state index in [-0.39, 0.29) is 5.91 Å². The fraction of sp³-hybridized carbons (Fsp3) is 0.227. The van der Waals surface area contributed by atoms with Gasteiger partial charge >= 0.3 is 0 Å². The summed E-state index contributed by atoms with van der Waals surface area (Å²) in [6, 6.07) is 15.3. The molecule has 1 aliphatic heterocycles. The van der Waals surface area contributed by atoms with Gasteiger partial charge in [0.15, 0.2) is 0 Å². The molecule has 3 heterocycles. The molecular weight excluding hydrogens is 378 g/mol. The summed E-state index contributed by atoms with van der Waals surface area (Å²) < 4.78 is 1.57. The van der Waals surface area contributed by atoms with Gasteiger partial charge in [0, 0.05) is 41.8 Å². The molecule has 1 N–H and O–H groups in total. The minimum Gasteiger partial charge on any atom is -0.322 e. The molecule has 0 saturated carbocycles. The Labute approximate surface area is 173 Å². The predicted octanol–water partition coefficient (Wildman–Crippen LogP) is 2.84. The smallest absolute Gasteiger partial charge is 0.256 e. The number of hydrogen-bond donors (Lipinski definition) is 1. The van der Waals surface area contributed by atoms with Gasteiger partial charge in [0.1, 0.15) is 6.33 Å². The van der Waals surface area contributed by atoms with Crippen LogP contribution in [0.3, 0.4) is 0 Å². The lowest BCUT2D eigenvalue weighted by Gasteiger charge is -2.29. The van der Waals surface area contributed by atoms with Gasteiger partial charge in [0.05, 0.1) is 16.8 Å². The molecule has 0 spiro atoms. The van der Waals surface area contributed by atoms with Gasteiger partial charge in [-0.1, -0.05) is 25.1 Å². The normalized spacial score (nSPS) is 13.9. The number of benzene rings is 2. The number of fused-ring (bicyclic) bond motifs is 2. The molecule has 0 radical (unpaired) electrons. The second-order valence-electron chi connectivity index (χ2n) is 7.30. The van der Waals surface area contributed by atoms with Crippen molar-refractivity contribution in [2.24, 2.45) is 0 Å². The molecule has 5 rings (SSSR count). The Morgan fingerprint density at radius 2 is 1.97 bits per heavy atom. The van der Waals surface area contributed by atoms with Crippen LogP contribution in [-0.2, 0) is 13.0 Å². The number of aromatic nitrogens is 5. The van der Waals surface area contributed by atoms with Crippen LogP contribution >= 0.6 is 0 Å². The van der Waals surface area contributed by atoms with Crippen LogP contribution in [0.1, 0.15) is 28.5 Å². The average Bonchev–Trinajstić information content (AvgIpc) is 3.32. The molecule has 0 bridgehead atoms. The van der Waals surface area contributed by atoms with Crippen molar-refractivity contribution in [3.8, 4) is 5.69 Å². The largest absolute Gasteiger partial charge is 0.322 e. The number of pyridine rings is 1. The van der Waals surface area contributed by atoms with Crippen molar-refractivity contribution in [1.82, 2.24) is 30.1 Å². The predicted molar refractivity (Wildman–Crippen MR) is 114 cm³/mol. The van der Waals surface area contributed by atoms with Crippen molar-refractivity contribution in [3.05, 3.63) is 71.7 Å². The van der Waals surface area contributed by atoms with E-state index in [4.69, 9.17) is 4.98 Å². The molecule has 0 atom stereocenters. The molecule has 0 saturated heterocycles. The Morgan fingerprint density at radius 1 is 1.13 bits per heavy atom. The topological polar surface area (TPSA) is 88.8 Å². The average molecular weight is 399 g/mol. The second kappa shape index (κ2) is 7.64. The summed E-state index contributed by atoms with van der Waals surface area (Å²) in [7, 11) is 0. The Balaban J connectivity index is 1.51. The van der Waals surface area contributed by atoms with Gasteiger partial charge < -0.3 is 5.32 Å². The van der Waals surface area contributed by atoms with Crippen LogP contribution < -0.4 is 5.32 Å². The third kappa shape index (κ3) is 3.31. The van der Waals surface area contributed by atoms with Crippen molar-refractivity contribution in [2.45, 2.75) is 19.9 Å². The van der Waals surface area contributed by atoms with Gasteiger partial charge in [0.2, 0.25) is 0 Å². The minimum atomic E-state index is -0.113. The number of anilines is 1. The van der Waals surface area contributed by atoms with E-state index in [0.717, 1.165) is 65.2 Å². The van der Waals surface area contributed by atoms with Crippen molar-refractivity contribution in [2.75, 3.05) is 18.4 Å². The third-order valence-corrected chi connectivity index (χ3v) is 5.54. The fourth-order valence-corrected chi connectivity index (χ4v) is 3.95. The molecular formula is C22H21N7O. The maximum absolute atomic E-state index is 13.4. The summed E-state index contributed by atoms with van der Waals surface area (Å²) >= 11 is 0. The molecule has 0 fully saturated rings. The highest BCUT2D eigenvalue weighted by Gasteiger charge is 2.25. The second-order valence-corrected chi connectivity index (χ2v) is 7.30. The van der Waals surface area contributed by atoms with Crippen LogP contribution in [0.4, 0.5) is 5.69 Å². The quantitative estimate of drug-likeness (QED) is 0.568. The van der Waals surface area contributed by atoms with Gasteiger partial charge in [-0.2, -0.15) is 0 Å². The zero-order chi connectivity index (χ0) is 20.5. The summed E-state index contributed by atoms with van der Waals surface area (Å²) in [6.07, 6.45) is 2.39. The van der Waals surface area contributed by atoms with Gasteiger partial charge in [-0.3, -0.25) is 14.7 Å². The van der Waals surface area contributed by atoms with Crippen molar-refractivity contribution in [1.29, 1.82) is 0 Å². The number of nitrogens with zero attached hydrogens (tertiary/aromatic N) is 6. The summed E-state index contributed by atoms with van der Waals surface area (Å²) in [5.41, 5.74) is 5.18. The number of carbonyl (C=O) groups excluding carboxylic acids is 1. The zero-order valence-corrected chi connectivity index (χ0v) is 16.6. The highest BCUT2D eigenvalue weighted by atomic mass is 16.1. The lowest BCUT2D eigenvalue weighted by molar-refractivity contribution is 0.102. The highest BCUT2D eigenvalue weighted by molar-refractivity contribution is 6.13. The zero-order valence-electron chi connectivity index (χ0n) is 16.6.